The molecule has 0 aliphatic carbocycles. The maximum absolute atomic E-state index is 13.0. The number of carbonyl (C=O) groups is 1. The van der Waals surface area contributed by atoms with Gasteiger partial charge in [0, 0.05) is 25.7 Å². The van der Waals surface area contributed by atoms with E-state index in [-0.39, 0.29) is 10.8 Å². The number of anilines is 1. The van der Waals surface area contributed by atoms with Gasteiger partial charge in [-0.1, -0.05) is 18.6 Å². The lowest BCUT2D eigenvalue weighted by molar-refractivity contribution is 0.0946. The standard InChI is InChI=1S/C22H29N3O4S/c1-24(20-8-4-5-9-21(20)29-2)30(27,28)19-12-10-18(11-13-19)22(26)23-14-17-25-15-6-3-7-16-25/h4-5,8-13H,3,6-7,14-17H2,1-2H3,(H,23,26). The van der Waals surface area contributed by atoms with Crippen LogP contribution in [0.1, 0.15) is 29.6 Å². The third-order valence-corrected chi connectivity index (χ3v) is 7.15. The number of methoxy groups -OCH3 is 1. The van der Waals surface area contributed by atoms with Gasteiger partial charge in [0.15, 0.2) is 0 Å². The minimum absolute atomic E-state index is 0.112. The Balaban J connectivity index is 1.64. The Bertz CT molecular complexity index is 955. The number of amides is 1. The van der Waals surface area contributed by atoms with Gasteiger partial charge in [0.25, 0.3) is 15.9 Å². The number of piperidine rings is 1. The van der Waals surface area contributed by atoms with Crippen molar-refractivity contribution in [3.05, 3.63) is 54.1 Å². The topological polar surface area (TPSA) is 78.9 Å². The number of nitrogens with zero attached hydrogens (tertiary/aromatic N) is 2. The van der Waals surface area contributed by atoms with Gasteiger partial charge in [-0.3, -0.25) is 9.10 Å². The maximum atomic E-state index is 13.0. The van der Waals surface area contributed by atoms with Gasteiger partial charge in [-0.2, -0.15) is 0 Å². The van der Waals surface area contributed by atoms with Crippen molar-refractivity contribution < 1.29 is 17.9 Å². The van der Waals surface area contributed by atoms with E-state index in [4.69, 9.17) is 4.74 Å². The minimum atomic E-state index is -3.78. The summed E-state index contributed by atoms with van der Waals surface area (Å²) in [5, 5.41) is 2.91. The molecule has 3 rings (SSSR count). The summed E-state index contributed by atoms with van der Waals surface area (Å²) in [7, 11) is -0.805. The number of sulfonamides is 1. The van der Waals surface area contributed by atoms with Gasteiger partial charge in [-0.25, -0.2) is 8.42 Å². The molecule has 2 aromatic carbocycles. The summed E-state index contributed by atoms with van der Waals surface area (Å²) in [5.74, 6) is 0.266. The van der Waals surface area contributed by atoms with Gasteiger partial charge in [-0.15, -0.1) is 0 Å². The molecule has 1 N–H and O–H groups in total. The Hall–Kier alpha value is -2.58. The summed E-state index contributed by atoms with van der Waals surface area (Å²) in [5.41, 5.74) is 0.882. The first-order valence-electron chi connectivity index (χ1n) is 10.2. The quantitative estimate of drug-likeness (QED) is 0.695. The molecule has 1 fully saturated rings. The number of carbonyl (C=O) groups excluding carboxylic acids is 1. The monoisotopic (exact) mass is 431 g/mol. The summed E-state index contributed by atoms with van der Waals surface area (Å²) < 4.78 is 32.4. The second-order valence-electron chi connectivity index (χ2n) is 7.33. The summed E-state index contributed by atoms with van der Waals surface area (Å²) in [6.07, 6.45) is 3.71. The molecule has 1 aliphatic rings. The van der Waals surface area contributed by atoms with Crippen LogP contribution >= 0.6 is 0 Å². The average Bonchev–Trinajstić information content (AvgIpc) is 2.79. The number of para-hydroxylation sites is 2. The van der Waals surface area contributed by atoms with Gasteiger partial charge in [-0.05, 0) is 62.3 Å². The molecule has 2 aromatic rings. The molecule has 162 valence electrons. The van der Waals surface area contributed by atoms with Crippen molar-refractivity contribution in [1.29, 1.82) is 0 Å². The molecule has 1 heterocycles. The van der Waals surface area contributed by atoms with Crippen LogP contribution < -0.4 is 14.4 Å². The summed E-state index contributed by atoms with van der Waals surface area (Å²) in [6, 6.07) is 12.9. The fourth-order valence-corrected chi connectivity index (χ4v) is 4.77. The molecule has 0 aromatic heterocycles. The van der Waals surface area contributed by atoms with E-state index in [1.54, 1.807) is 36.4 Å². The second kappa shape index (κ2) is 9.95. The van der Waals surface area contributed by atoms with Crippen LogP contribution in [0.5, 0.6) is 5.75 Å². The SMILES string of the molecule is COc1ccccc1N(C)S(=O)(=O)c1ccc(C(=O)NCCN2CCCCC2)cc1. The smallest absolute Gasteiger partial charge is 0.264 e. The lowest BCUT2D eigenvalue weighted by Gasteiger charge is -2.26. The van der Waals surface area contributed by atoms with Crippen molar-refractivity contribution in [1.82, 2.24) is 10.2 Å². The summed E-state index contributed by atoms with van der Waals surface area (Å²) in [6.45, 7) is 3.58. The lowest BCUT2D eigenvalue weighted by atomic mass is 10.1. The van der Waals surface area contributed by atoms with Crippen LogP contribution in [0.3, 0.4) is 0 Å². The highest BCUT2D eigenvalue weighted by Crippen LogP contribution is 2.30. The minimum Gasteiger partial charge on any atom is -0.495 e. The predicted molar refractivity (Wildman–Crippen MR) is 118 cm³/mol. The van der Waals surface area contributed by atoms with Crippen LogP contribution in [-0.2, 0) is 10.0 Å². The molecule has 1 aliphatic heterocycles. The number of nitrogens with one attached hydrogen (secondary N) is 1. The zero-order valence-corrected chi connectivity index (χ0v) is 18.3. The van der Waals surface area contributed by atoms with Gasteiger partial charge in [0.05, 0.1) is 17.7 Å². The van der Waals surface area contributed by atoms with E-state index in [0.29, 0.717) is 23.5 Å². The average molecular weight is 432 g/mol. The van der Waals surface area contributed by atoms with Gasteiger partial charge < -0.3 is 15.0 Å². The van der Waals surface area contributed by atoms with Gasteiger partial charge in [0.1, 0.15) is 5.75 Å². The van der Waals surface area contributed by atoms with Crippen molar-refractivity contribution in [3.63, 3.8) is 0 Å². The zero-order chi connectivity index (χ0) is 21.6. The van der Waals surface area contributed by atoms with Crippen molar-refractivity contribution in [3.8, 4) is 5.75 Å². The maximum Gasteiger partial charge on any atom is 0.264 e. The molecule has 0 atom stereocenters. The van der Waals surface area contributed by atoms with E-state index in [1.807, 2.05) is 0 Å². The van der Waals surface area contributed by atoms with Crippen molar-refractivity contribution in [2.45, 2.75) is 24.2 Å². The Morgan fingerprint density at radius 3 is 2.40 bits per heavy atom. The molecule has 7 nitrogen and oxygen atoms in total. The highest BCUT2D eigenvalue weighted by atomic mass is 32.2. The number of benzene rings is 2. The lowest BCUT2D eigenvalue weighted by Crippen LogP contribution is -2.37. The molecule has 8 heteroatoms. The van der Waals surface area contributed by atoms with Crippen molar-refractivity contribution in [2.24, 2.45) is 0 Å². The van der Waals surface area contributed by atoms with E-state index in [0.717, 1.165) is 19.6 Å². The van der Waals surface area contributed by atoms with E-state index in [2.05, 4.69) is 10.2 Å². The molecular weight excluding hydrogens is 402 g/mol. The van der Waals surface area contributed by atoms with Crippen LogP contribution in [0.15, 0.2) is 53.4 Å². The van der Waals surface area contributed by atoms with Crippen LogP contribution in [0.2, 0.25) is 0 Å². The zero-order valence-electron chi connectivity index (χ0n) is 17.5. The van der Waals surface area contributed by atoms with Crippen LogP contribution in [-0.4, -0.2) is 59.6 Å². The number of hydrogen-bond acceptors (Lipinski definition) is 5. The fraction of sp³-hybridized carbons (Fsp3) is 0.409. The highest BCUT2D eigenvalue weighted by molar-refractivity contribution is 7.92. The van der Waals surface area contributed by atoms with Crippen LogP contribution in [0, 0.1) is 0 Å². The van der Waals surface area contributed by atoms with Gasteiger partial charge in [0.2, 0.25) is 0 Å². The molecule has 0 spiro atoms. The molecule has 1 amide bonds. The first-order valence-corrected chi connectivity index (χ1v) is 11.6. The van der Waals surface area contributed by atoms with E-state index in [9.17, 15) is 13.2 Å². The summed E-state index contributed by atoms with van der Waals surface area (Å²) in [4.78, 5) is 14.8. The van der Waals surface area contributed by atoms with E-state index in [1.165, 1.54) is 49.9 Å². The van der Waals surface area contributed by atoms with Crippen LogP contribution in [0.4, 0.5) is 5.69 Å². The summed E-state index contributed by atoms with van der Waals surface area (Å²) >= 11 is 0. The van der Waals surface area contributed by atoms with Crippen LogP contribution in [0.25, 0.3) is 0 Å². The Morgan fingerprint density at radius 1 is 1.07 bits per heavy atom. The third kappa shape index (κ3) is 5.12. The fourth-order valence-electron chi connectivity index (χ4n) is 3.57. The molecule has 0 radical (unpaired) electrons. The number of ether oxygens (including phenoxy) is 1. The van der Waals surface area contributed by atoms with Gasteiger partial charge >= 0.3 is 0 Å². The van der Waals surface area contributed by atoms with Crippen molar-refractivity contribution in [2.75, 3.05) is 44.6 Å². The predicted octanol–water partition coefficient (Wildman–Crippen LogP) is 2.74. The highest BCUT2D eigenvalue weighted by Gasteiger charge is 2.24. The number of likely N-dealkylation sites (tertiary alicyclic amines) is 1. The molecular formula is C22H29N3O4S. The molecule has 0 saturated carbocycles. The number of rotatable bonds is 8. The Morgan fingerprint density at radius 2 is 1.73 bits per heavy atom. The normalized spacial score (nSPS) is 14.9. The first-order chi connectivity index (χ1) is 14.4. The Labute approximate surface area is 178 Å². The molecule has 0 unspecified atom stereocenters. The largest absolute Gasteiger partial charge is 0.495 e. The number of hydrogen-bond donors (Lipinski definition) is 1. The first kappa shape index (κ1) is 22.1. The Kier molecular flexibility index (Phi) is 7.33. The third-order valence-electron chi connectivity index (χ3n) is 5.36. The second-order valence-corrected chi connectivity index (χ2v) is 9.30. The molecule has 0 bridgehead atoms. The molecule has 30 heavy (non-hydrogen) atoms. The van der Waals surface area contributed by atoms with E-state index < -0.39 is 10.0 Å². The van der Waals surface area contributed by atoms with E-state index >= 15 is 0 Å². The van der Waals surface area contributed by atoms with Crippen molar-refractivity contribution >= 4 is 21.6 Å². The molecule has 1 saturated heterocycles.